The zero-order valence-corrected chi connectivity index (χ0v) is 20.5. The zero-order valence-electron chi connectivity index (χ0n) is 19.7. The number of alkyl halides is 2. The second kappa shape index (κ2) is 9.91. The van der Waals surface area contributed by atoms with Crippen molar-refractivity contribution >= 4 is 28.5 Å². The Balaban J connectivity index is 1.46. The molecule has 3 heterocycles. The third kappa shape index (κ3) is 5.08. The Morgan fingerprint density at radius 2 is 1.50 bits per heavy atom. The molecule has 2 aromatic heterocycles. The number of nitrogens with zero attached hydrogens (tertiary/aromatic N) is 6. The fourth-order valence-corrected chi connectivity index (χ4v) is 4.80. The Morgan fingerprint density at radius 1 is 0.917 bits per heavy atom. The fraction of sp³-hybridized carbons (Fsp3) is 0.308. The number of carbonyl (C=O) groups excluding carboxylic acids is 1. The van der Waals surface area contributed by atoms with Crippen molar-refractivity contribution in [1.82, 2.24) is 29.8 Å². The van der Waals surface area contributed by atoms with Gasteiger partial charge in [-0.3, -0.25) is 9.69 Å². The van der Waals surface area contributed by atoms with Crippen LogP contribution in [0.25, 0.3) is 33.5 Å². The molecule has 36 heavy (non-hydrogen) atoms. The van der Waals surface area contributed by atoms with Gasteiger partial charge in [-0.05, 0) is 0 Å². The summed E-state index contributed by atoms with van der Waals surface area (Å²) >= 11 is 6.88. The molecule has 2 aromatic carbocycles. The van der Waals surface area contributed by atoms with E-state index >= 15 is 0 Å². The van der Waals surface area contributed by atoms with Crippen molar-refractivity contribution in [1.29, 1.82) is 0 Å². The number of fused-ring (bicyclic) bond motifs is 1. The van der Waals surface area contributed by atoms with Crippen molar-refractivity contribution in [2.45, 2.75) is 19.4 Å². The van der Waals surface area contributed by atoms with Gasteiger partial charge in [0.2, 0.25) is 5.91 Å². The van der Waals surface area contributed by atoms with Crippen LogP contribution in [0.5, 0.6) is 0 Å². The summed E-state index contributed by atoms with van der Waals surface area (Å²) in [4.78, 5) is 16.5. The van der Waals surface area contributed by atoms with Crippen molar-refractivity contribution in [2.75, 3.05) is 32.7 Å². The van der Waals surface area contributed by atoms with Crippen molar-refractivity contribution in [2.24, 2.45) is 0 Å². The molecule has 5 rings (SSSR count). The van der Waals surface area contributed by atoms with Gasteiger partial charge in [0.25, 0.3) is 5.92 Å². The molecule has 0 saturated carbocycles. The second-order valence-corrected chi connectivity index (χ2v) is 9.40. The minimum atomic E-state index is -2.76. The predicted octanol–water partition coefficient (Wildman–Crippen LogP) is 4.61. The maximum atomic E-state index is 13.4. The standard InChI is InChI=1S/C26H25ClF2N6O/c1-26(28,29)17-33-12-14-34(15-13-33)20(36)16-35-25-21(23(32-35)18-8-4-2-5-9-18)22(27)24(30-31-25)19-10-6-3-7-11-19/h2-11H,12-17H2,1H3. The lowest BCUT2D eigenvalue weighted by molar-refractivity contribution is -0.134. The molecule has 1 amide bonds. The summed E-state index contributed by atoms with van der Waals surface area (Å²) in [6, 6.07) is 19.1. The molecule has 186 valence electrons. The molecule has 0 unspecified atom stereocenters. The van der Waals surface area contributed by atoms with E-state index in [1.807, 2.05) is 60.7 Å². The Kier molecular flexibility index (Phi) is 6.68. The van der Waals surface area contributed by atoms with Gasteiger partial charge in [0.15, 0.2) is 5.65 Å². The van der Waals surface area contributed by atoms with Gasteiger partial charge in [-0.2, -0.15) is 5.10 Å². The first-order valence-corrected chi connectivity index (χ1v) is 12.1. The molecule has 1 saturated heterocycles. The van der Waals surface area contributed by atoms with E-state index in [0.717, 1.165) is 18.1 Å². The summed E-state index contributed by atoms with van der Waals surface area (Å²) in [5, 5.41) is 14.5. The van der Waals surface area contributed by atoms with Gasteiger partial charge >= 0.3 is 0 Å². The van der Waals surface area contributed by atoms with Crippen LogP contribution in [-0.2, 0) is 11.3 Å². The summed E-state index contributed by atoms with van der Waals surface area (Å²) in [6.07, 6.45) is 0. The monoisotopic (exact) mass is 510 g/mol. The largest absolute Gasteiger partial charge is 0.339 e. The fourth-order valence-electron chi connectivity index (χ4n) is 4.48. The maximum absolute atomic E-state index is 13.4. The third-order valence-corrected chi connectivity index (χ3v) is 6.57. The molecule has 7 nitrogen and oxygen atoms in total. The third-order valence-electron chi connectivity index (χ3n) is 6.20. The maximum Gasteiger partial charge on any atom is 0.257 e. The highest BCUT2D eigenvalue weighted by atomic mass is 35.5. The number of rotatable bonds is 6. The number of hydrogen-bond acceptors (Lipinski definition) is 5. The lowest BCUT2D eigenvalue weighted by atomic mass is 10.1. The number of halogens is 3. The molecule has 0 aliphatic carbocycles. The highest BCUT2D eigenvalue weighted by Gasteiger charge is 2.29. The molecule has 1 aliphatic heterocycles. The first-order chi connectivity index (χ1) is 17.3. The van der Waals surface area contributed by atoms with Crippen LogP contribution in [-0.4, -0.2) is 74.3 Å². The first kappa shape index (κ1) is 24.3. The molecule has 4 aromatic rings. The molecule has 1 fully saturated rings. The van der Waals surface area contributed by atoms with E-state index in [1.165, 1.54) is 4.68 Å². The van der Waals surface area contributed by atoms with E-state index in [-0.39, 0.29) is 19.0 Å². The normalized spacial score (nSPS) is 14.9. The number of benzene rings is 2. The van der Waals surface area contributed by atoms with Gasteiger partial charge in [0.05, 0.1) is 17.0 Å². The van der Waals surface area contributed by atoms with Crippen molar-refractivity contribution in [3.63, 3.8) is 0 Å². The Hall–Kier alpha value is -3.43. The van der Waals surface area contributed by atoms with Crippen LogP contribution in [0.1, 0.15) is 6.92 Å². The van der Waals surface area contributed by atoms with E-state index in [2.05, 4.69) is 10.2 Å². The molecule has 0 atom stereocenters. The average Bonchev–Trinajstić information content (AvgIpc) is 3.24. The molecule has 0 bridgehead atoms. The van der Waals surface area contributed by atoms with Crippen molar-refractivity contribution < 1.29 is 13.6 Å². The summed E-state index contributed by atoms with van der Waals surface area (Å²) in [7, 11) is 0. The van der Waals surface area contributed by atoms with Gasteiger partial charge in [-0.15, -0.1) is 10.2 Å². The van der Waals surface area contributed by atoms with Crippen LogP contribution in [0, 0.1) is 0 Å². The van der Waals surface area contributed by atoms with Gasteiger partial charge in [0, 0.05) is 44.2 Å². The molecule has 0 spiro atoms. The number of piperazine rings is 1. The number of amides is 1. The first-order valence-electron chi connectivity index (χ1n) is 11.7. The molecule has 1 aliphatic rings. The topological polar surface area (TPSA) is 67.2 Å². The summed E-state index contributed by atoms with van der Waals surface area (Å²) < 4.78 is 28.2. The SMILES string of the molecule is CC(F)(F)CN1CCN(C(=O)Cn2nc(-c3ccccc3)c3c(Cl)c(-c4ccccc4)nnc32)CC1. The minimum Gasteiger partial charge on any atom is -0.339 e. The molecule has 10 heteroatoms. The van der Waals surface area contributed by atoms with Gasteiger partial charge < -0.3 is 4.90 Å². The van der Waals surface area contributed by atoms with E-state index in [1.54, 1.807) is 9.80 Å². The zero-order chi connectivity index (χ0) is 25.3. The van der Waals surface area contributed by atoms with Crippen LogP contribution >= 0.6 is 11.6 Å². The summed E-state index contributed by atoms with van der Waals surface area (Å²) in [5.41, 5.74) is 3.24. The van der Waals surface area contributed by atoms with E-state index < -0.39 is 5.92 Å². The van der Waals surface area contributed by atoms with E-state index in [9.17, 15) is 13.6 Å². The quantitative estimate of drug-likeness (QED) is 0.379. The van der Waals surface area contributed by atoms with Crippen molar-refractivity contribution in [3.05, 3.63) is 65.7 Å². The Labute approximate surface area is 212 Å². The van der Waals surface area contributed by atoms with Gasteiger partial charge in [0.1, 0.15) is 17.9 Å². The van der Waals surface area contributed by atoms with Crippen LogP contribution in [0.4, 0.5) is 8.78 Å². The second-order valence-electron chi connectivity index (χ2n) is 9.03. The number of aromatic nitrogens is 4. The van der Waals surface area contributed by atoms with Crippen LogP contribution in [0.15, 0.2) is 60.7 Å². The summed E-state index contributed by atoms with van der Waals surface area (Å²) in [6.45, 7) is 2.11. The predicted molar refractivity (Wildman–Crippen MR) is 135 cm³/mol. The smallest absolute Gasteiger partial charge is 0.257 e. The van der Waals surface area contributed by atoms with E-state index in [0.29, 0.717) is 53.6 Å². The van der Waals surface area contributed by atoms with Crippen LogP contribution in [0.3, 0.4) is 0 Å². The Morgan fingerprint density at radius 3 is 2.08 bits per heavy atom. The highest BCUT2D eigenvalue weighted by molar-refractivity contribution is 6.38. The van der Waals surface area contributed by atoms with Crippen LogP contribution in [0.2, 0.25) is 5.02 Å². The minimum absolute atomic E-state index is 0.0526. The van der Waals surface area contributed by atoms with Gasteiger partial charge in [-0.1, -0.05) is 72.3 Å². The lowest BCUT2D eigenvalue weighted by Crippen LogP contribution is -2.51. The summed E-state index contributed by atoms with van der Waals surface area (Å²) in [5.74, 6) is -2.92. The Bertz CT molecular complexity index is 1370. The average molecular weight is 511 g/mol. The lowest BCUT2D eigenvalue weighted by Gasteiger charge is -2.35. The highest BCUT2D eigenvalue weighted by Crippen LogP contribution is 2.37. The van der Waals surface area contributed by atoms with Crippen molar-refractivity contribution in [3.8, 4) is 22.5 Å². The molecule has 0 radical (unpaired) electrons. The number of hydrogen-bond donors (Lipinski definition) is 0. The number of carbonyl (C=O) groups is 1. The molecular weight excluding hydrogens is 486 g/mol. The molecular formula is C26H25ClF2N6O. The van der Waals surface area contributed by atoms with Gasteiger partial charge in [-0.25, -0.2) is 13.5 Å². The molecule has 0 N–H and O–H groups in total. The van der Waals surface area contributed by atoms with Crippen LogP contribution < -0.4 is 0 Å². The van der Waals surface area contributed by atoms with E-state index in [4.69, 9.17) is 16.7 Å².